The van der Waals surface area contributed by atoms with E-state index in [9.17, 15) is 18.3 Å². The largest absolute Gasteiger partial charge is 0.573 e. The molecule has 8 heteroatoms. The zero-order valence-corrected chi connectivity index (χ0v) is 12.5. The second-order valence-corrected chi connectivity index (χ2v) is 5.02. The Balaban J connectivity index is 1.89. The van der Waals surface area contributed by atoms with Gasteiger partial charge >= 0.3 is 6.36 Å². The maximum absolute atomic E-state index is 12.3. The van der Waals surface area contributed by atoms with Crippen LogP contribution in [0.5, 0.6) is 11.5 Å². The van der Waals surface area contributed by atoms with Crippen molar-refractivity contribution in [2.75, 3.05) is 7.11 Å². The Bertz CT molecular complexity index is 844. The van der Waals surface area contributed by atoms with E-state index < -0.39 is 12.5 Å². The number of aromatic amines is 1. The smallest absolute Gasteiger partial charge is 0.497 e. The van der Waals surface area contributed by atoms with Crippen molar-refractivity contribution in [3.8, 4) is 11.5 Å². The van der Waals surface area contributed by atoms with Crippen LogP contribution < -0.4 is 9.47 Å². The molecule has 1 aromatic heterocycles. The molecular formula is C16H13F3N2O3. The fraction of sp³-hybridized carbons (Fsp3) is 0.188. The maximum atomic E-state index is 12.3. The quantitative estimate of drug-likeness (QED) is 0.763. The molecule has 0 amide bonds. The van der Waals surface area contributed by atoms with E-state index in [2.05, 4.69) is 14.7 Å². The summed E-state index contributed by atoms with van der Waals surface area (Å²) in [7, 11) is 1.53. The van der Waals surface area contributed by atoms with Crippen molar-refractivity contribution >= 4 is 11.0 Å². The fourth-order valence-electron chi connectivity index (χ4n) is 2.28. The molecule has 0 aliphatic carbocycles. The molecule has 126 valence electrons. The Labute approximate surface area is 134 Å². The van der Waals surface area contributed by atoms with Crippen LogP contribution in [0.2, 0.25) is 0 Å². The normalized spacial score (nSPS) is 13.0. The minimum absolute atomic E-state index is 0.222. The number of aromatic nitrogens is 2. The van der Waals surface area contributed by atoms with Crippen LogP contribution in [0.25, 0.3) is 11.0 Å². The lowest BCUT2D eigenvalue weighted by Crippen LogP contribution is -2.16. The van der Waals surface area contributed by atoms with Crippen LogP contribution >= 0.6 is 0 Å². The first-order valence-electron chi connectivity index (χ1n) is 6.93. The number of halogens is 3. The van der Waals surface area contributed by atoms with Gasteiger partial charge in [-0.05, 0) is 29.8 Å². The number of alkyl halides is 3. The maximum Gasteiger partial charge on any atom is 0.573 e. The van der Waals surface area contributed by atoms with Crippen molar-refractivity contribution in [1.82, 2.24) is 9.97 Å². The van der Waals surface area contributed by atoms with E-state index in [-0.39, 0.29) is 17.1 Å². The van der Waals surface area contributed by atoms with Gasteiger partial charge in [-0.3, -0.25) is 0 Å². The van der Waals surface area contributed by atoms with Crippen LogP contribution in [0.15, 0.2) is 42.5 Å². The van der Waals surface area contributed by atoms with Crippen molar-refractivity contribution in [2.24, 2.45) is 0 Å². The summed E-state index contributed by atoms with van der Waals surface area (Å²) in [6.07, 6.45) is -5.81. The molecule has 2 N–H and O–H groups in total. The van der Waals surface area contributed by atoms with Crippen LogP contribution in [-0.2, 0) is 0 Å². The lowest BCUT2D eigenvalue weighted by molar-refractivity contribution is -0.274. The second-order valence-electron chi connectivity index (χ2n) is 5.02. The molecule has 0 spiro atoms. The zero-order chi connectivity index (χ0) is 17.3. The minimum Gasteiger partial charge on any atom is -0.497 e. The Hall–Kier alpha value is -2.74. The summed E-state index contributed by atoms with van der Waals surface area (Å²) in [5.41, 5.74) is 1.33. The molecule has 0 saturated heterocycles. The molecule has 0 radical (unpaired) electrons. The van der Waals surface area contributed by atoms with E-state index >= 15 is 0 Å². The van der Waals surface area contributed by atoms with Crippen molar-refractivity contribution in [1.29, 1.82) is 0 Å². The van der Waals surface area contributed by atoms with Gasteiger partial charge in [0.2, 0.25) is 0 Å². The number of H-pyrrole nitrogens is 1. The van der Waals surface area contributed by atoms with Crippen molar-refractivity contribution < 1.29 is 27.8 Å². The van der Waals surface area contributed by atoms with Crippen LogP contribution in [0.3, 0.4) is 0 Å². The van der Waals surface area contributed by atoms with Gasteiger partial charge in [-0.2, -0.15) is 0 Å². The highest BCUT2D eigenvalue weighted by Crippen LogP contribution is 2.28. The van der Waals surface area contributed by atoms with Crippen molar-refractivity contribution in [3.63, 3.8) is 0 Å². The number of hydrogen-bond acceptors (Lipinski definition) is 4. The number of nitrogens with one attached hydrogen (secondary N) is 1. The van der Waals surface area contributed by atoms with Crippen LogP contribution in [0.4, 0.5) is 13.2 Å². The fourth-order valence-corrected chi connectivity index (χ4v) is 2.28. The summed E-state index contributed by atoms with van der Waals surface area (Å²) in [6.45, 7) is 0. The number of ether oxygens (including phenoxy) is 2. The van der Waals surface area contributed by atoms with Crippen LogP contribution in [0, 0.1) is 0 Å². The highest BCUT2D eigenvalue weighted by Gasteiger charge is 2.31. The van der Waals surface area contributed by atoms with E-state index in [1.54, 1.807) is 24.3 Å². The minimum atomic E-state index is -4.77. The summed E-state index contributed by atoms with van der Waals surface area (Å²) < 4.78 is 45.7. The molecule has 0 fully saturated rings. The topological polar surface area (TPSA) is 67.4 Å². The van der Waals surface area contributed by atoms with Crippen LogP contribution in [0.1, 0.15) is 17.5 Å². The standard InChI is InChI=1S/C16H13F3N2O3/c1-23-10-4-2-9(3-5-10)14(22)15-20-12-7-6-11(8-13(12)21-15)24-16(17,18)19/h2-8,14,22H,1H3,(H,20,21). The van der Waals surface area contributed by atoms with Gasteiger partial charge in [-0.25, -0.2) is 4.98 Å². The number of aliphatic hydroxyl groups is 1. The van der Waals surface area contributed by atoms with E-state index in [0.29, 0.717) is 16.8 Å². The first-order chi connectivity index (χ1) is 11.4. The summed E-state index contributed by atoms with van der Waals surface area (Å²) in [4.78, 5) is 7.02. The Morgan fingerprint density at radius 1 is 1.08 bits per heavy atom. The number of imidazole rings is 1. The molecule has 24 heavy (non-hydrogen) atoms. The molecule has 3 rings (SSSR count). The van der Waals surface area contributed by atoms with Gasteiger partial charge in [0.05, 0.1) is 18.1 Å². The molecule has 0 saturated carbocycles. The summed E-state index contributed by atoms with van der Waals surface area (Å²) >= 11 is 0. The number of benzene rings is 2. The first-order valence-corrected chi connectivity index (χ1v) is 6.93. The van der Waals surface area contributed by atoms with Crippen LogP contribution in [-0.4, -0.2) is 28.5 Å². The third-order valence-electron chi connectivity index (χ3n) is 3.40. The number of aliphatic hydroxyl groups excluding tert-OH is 1. The van der Waals surface area contributed by atoms with E-state index in [0.717, 1.165) is 6.07 Å². The molecule has 0 bridgehead atoms. The van der Waals surface area contributed by atoms with Crippen molar-refractivity contribution in [3.05, 3.63) is 53.9 Å². The Morgan fingerprint density at radius 2 is 1.75 bits per heavy atom. The van der Waals surface area contributed by atoms with Gasteiger partial charge in [-0.15, -0.1) is 13.2 Å². The number of hydrogen-bond donors (Lipinski definition) is 2. The summed E-state index contributed by atoms with van der Waals surface area (Å²) in [6, 6.07) is 10.5. The lowest BCUT2D eigenvalue weighted by atomic mass is 10.1. The molecule has 3 aromatic rings. The Kier molecular flexibility index (Phi) is 4.06. The van der Waals surface area contributed by atoms with Gasteiger partial charge in [-0.1, -0.05) is 12.1 Å². The molecule has 2 aromatic carbocycles. The molecule has 5 nitrogen and oxygen atoms in total. The van der Waals surface area contributed by atoms with E-state index in [1.807, 2.05) is 0 Å². The number of fused-ring (bicyclic) bond motifs is 1. The van der Waals surface area contributed by atoms with Gasteiger partial charge in [0.15, 0.2) is 0 Å². The monoisotopic (exact) mass is 338 g/mol. The van der Waals surface area contributed by atoms with Gasteiger partial charge in [0, 0.05) is 6.07 Å². The zero-order valence-electron chi connectivity index (χ0n) is 12.5. The SMILES string of the molecule is COc1ccc(C(O)c2nc3cc(OC(F)(F)F)ccc3[nH]2)cc1. The third-order valence-corrected chi connectivity index (χ3v) is 3.40. The summed E-state index contributed by atoms with van der Waals surface area (Å²) in [5.74, 6) is 0.496. The van der Waals surface area contributed by atoms with Gasteiger partial charge in [0.1, 0.15) is 23.4 Å². The van der Waals surface area contributed by atoms with Gasteiger partial charge in [0.25, 0.3) is 0 Å². The number of nitrogens with zero attached hydrogens (tertiary/aromatic N) is 1. The predicted octanol–water partition coefficient (Wildman–Crippen LogP) is 3.55. The Morgan fingerprint density at radius 3 is 2.38 bits per heavy atom. The molecule has 1 unspecified atom stereocenters. The average molecular weight is 338 g/mol. The van der Waals surface area contributed by atoms with Crippen molar-refractivity contribution in [2.45, 2.75) is 12.5 Å². The lowest BCUT2D eigenvalue weighted by Gasteiger charge is -2.08. The highest BCUT2D eigenvalue weighted by atomic mass is 19.4. The molecule has 0 aliphatic heterocycles. The first kappa shape index (κ1) is 16.1. The highest BCUT2D eigenvalue weighted by molar-refractivity contribution is 5.77. The second kappa shape index (κ2) is 6.04. The number of methoxy groups -OCH3 is 1. The molecule has 0 aliphatic rings. The molecule has 1 heterocycles. The van der Waals surface area contributed by atoms with E-state index in [1.165, 1.54) is 19.2 Å². The third kappa shape index (κ3) is 3.43. The predicted molar refractivity (Wildman–Crippen MR) is 79.8 cm³/mol. The number of rotatable bonds is 4. The van der Waals surface area contributed by atoms with Gasteiger partial charge < -0.3 is 19.6 Å². The summed E-state index contributed by atoms with van der Waals surface area (Å²) in [5, 5.41) is 10.4. The molecule has 1 atom stereocenters. The molecular weight excluding hydrogens is 325 g/mol. The van der Waals surface area contributed by atoms with E-state index in [4.69, 9.17) is 4.74 Å². The average Bonchev–Trinajstić information content (AvgIpc) is 2.96.